The van der Waals surface area contributed by atoms with E-state index in [0.717, 1.165) is 24.5 Å². The fraction of sp³-hybridized carbons (Fsp3) is 0.714. The van der Waals surface area contributed by atoms with Crippen LogP contribution in [0.5, 0.6) is 5.88 Å². The van der Waals surface area contributed by atoms with Gasteiger partial charge in [0.25, 0.3) is 0 Å². The third-order valence-corrected chi connectivity index (χ3v) is 2.72. The van der Waals surface area contributed by atoms with Gasteiger partial charge in [-0.25, -0.2) is 4.98 Å². The lowest BCUT2D eigenvalue weighted by atomic mass is 10.2. The molecule has 0 bridgehead atoms. The molecular weight excluding hydrogens is 226 g/mol. The lowest BCUT2D eigenvalue weighted by molar-refractivity contribution is 0.260. The maximum atomic E-state index is 5.71. The van der Waals surface area contributed by atoms with Crippen LogP contribution in [0.1, 0.15) is 45.9 Å². The number of nitrogens with zero attached hydrogens (tertiary/aromatic N) is 2. The third kappa shape index (κ3) is 4.17. The highest BCUT2D eigenvalue weighted by Gasteiger charge is 2.22. The van der Waals surface area contributed by atoms with Gasteiger partial charge >= 0.3 is 0 Å². The van der Waals surface area contributed by atoms with E-state index in [4.69, 9.17) is 4.74 Å². The van der Waals surface area contributed by atoms with Crippen LogP contribution in [-0.4, -0.2) is 22.6 Å². The van der Waals surface area contributed by atoms with Gasteiger partial charge in [-0.2, -0.15) is 4.98 Å². The lowest BCUT2D eigenvalue weighted by Gasteiger charge is -2.11. The summed E-state index contributed by atoms with van der Waals surface area (Å²) in [6.45, 7) is 7.11. The largest absolute Gasteiger partial charge is 0.477 e. The fourth-order valence-electron chi connectivity index (χ4n) is 1.64. The summed E-state index contributed by atoms with van der Waals surface area (Å²) in [7, 11) is 0. The number of ether oxygens (including phenoxy) is 1. The van der Waals surface area contributed by atoms with Gasteiger partial charge < -0.3 is 10.1 Å². The Balaban J connectivity index is 2.07. The first-order chi connectivity index (χ1) is 8.67. The van der Waals surface area contributed by atoms with Gasteiger partial charge in [0.2, 0.25) is 5.88 Å². The molecule has 1 aliphatic rings. The Hall–Kier alpha value is -1.32. The monoisotopic (exact) mass is 249 g/mol. The lowest BCUT2D eigenvalue weighted by Crippen LogP contribution is -2.10. The number of hydrogen-bond acceptors (Lipinski definition) is 4. The zero-order valence-corrected chi connectivity index (χ0v) is 11.6. The SMILES string of the molecule is CCCc1nc(NC2CC2)cc(OCC(C)C)n1. The zero-order chi connectivity index (χ0) is 13.0. The average Bonchev–Trinajstić information content (AvgIpc) is 3.10. The molecule has 1 heterocycles. The molecule has 1 aromatic heterocycles. The third-order valence-electron chi connectivity index (χ3n) is 2.72. The smallest absolute Gasteiger partial charge is 0.218 e. The maximum Gasteiger partial charge on any atom is 0.218 e. The Kier molecular flexibility index (Phi) is 4.39. The van der Waals surface area contributed by atoms with Crippen LogP contribution in [0, 0.1) is 5.92 Å². The van der Waals surface area contributed by atoms with Crippen LogP contribution in [-0.2, 0) is 6.42 Å². The molecule has 0 aliphatic heterocycles. The van der Waals surface area contributed by atoms with E-state index in [-0.39, 0.29) is 0 Å². The predicted octanol–water partition coefficient (Wildman–Crippen LogP) is 3.04. The summed E-state index contributed by atoms with van der Waals surface area (Å²) in [5.41, 5.74) is 0. The van der Waals surface area contributed by atoms with Crippen molar-refractivity contribution in [2.24, 2.45) is 5.92 Å². The van der Waals surface area contributed by atoms with E-state index in [1.165, 1.54) is 12.8 Å². The summed E-state index contributed by atoms with van der Waals surface area (Å²) >= 11 is 0. The van der Waals surface area contributed by atoms with E-state index in [1.54, 1.807) is 0 Å². The van der Waals surface area contributed by atoms with Gasteiger partial charge in [-0.15, -0.1) is 0 Å². The Morgan fingerprint density at radius 2 is 2.17 bits per heavy atom. The molecule has 0 spiro atoms. The second-order valence-electron chi connectivity index (χ2n) is 5.38. The van der Waals surface area contributed by atoms with Crippen LogP contribution >= 0.6 is 0 Å². The molecule has 1 fully saturated rings. The Labute approximate surface area is 109 Å². The van der Waals surface area contributed by atoms with Gasteiger partial charge in [0.1, 0.15) is 11.6 Å². The molecular formula is C14H23N3O. The summed E-state index contributed by atoms with van der Waals surface area (Å²) < 4.78 is 5.71. The highest BCUT2D eigenvalue weighted by atomic mass is 16.5. The van der Waals surface area contributed by atoms with Crippen LogP contribution in [0.4, 0.5) is 5.82 Å². The quantitative estimate of drug-likeness (QED) is 0.807. The molecule has 18 heavy (non-hydrogen) atoms. The Morgan fingerprint density at radius 3 is 2.78 bits per heavy atom. The summed E-state index contributed by atoms with van der Waals surface area (Å²) in [6.07, 6.45) is 4.44. The van der Waals surface area contributed by atoms with Crippen molar-refractivity contribution in [2.45, 2.75) is 52.5 Å². The summed E-state index contributed by atoms with van der Waals surface area (Å²) in [5.74, 6) is 3.00. The van der Waals surface area contributed by atoms with Crippen molar-refractivity contribution < 1.29 is 4.74 Å². The van der Waals surface area contributed by atoms with Gasteiger partial charge in [-0.05, 0) is 25.2 Å². The number of rotatable bonds is 7. The van der Waals surface area contributed by atoms with Crippen molar-refractivity contribution in [3.8, 4) is 5.88 Å². The van der Waals surface area contributed by atoms with Crippen LogP contribution in [0.3, 0.4) is 0 Å². The summed E-state index contributed by atoms with van der Waals surface area (Å²) in [5, 5.41) is 3.41. The molecule has 100 valence electrons. The van der Waals surface area contributed by atoms with E-state index in [0.29, 0.717) is 24.4 Å². The Bertz CT molecular complexity index is 389. The molecule has 2 rings (SSSR count). The predicted molar refractivity (Wildman–Crippen MR) is 73.0 cm³/mol. The fourth-order valence-corrected chi connectivity index (χ4v) is 1.64. The maximum absolute atomic E-state index is 5.71. The highest BCUT2D eigenvalue weighted by Crippen LogP contribution is 2.25. The van der Waals surface area contributed by atoms with Crippen LogP contribution in [0.2, 0.25) is 0 Å². The minimum absolute atomic E-state index is 0.509. The minimum Gasteiger partial charge on any atom is -0.477 e. The first-order valence-electron chi connectivity index (χ1n) is 6.94. The first kappa shape index (κ1) is 13.1. The molecule has 0 amide bonds. The molecule has 1 aliphatic carbocycles. The van der Waals surface area contributed by atoms with Gasteiger partial charge in [0.15, 0.2) is 0 Å². The van der Waals surface area contributed by atoms with Crippen LogP contribution in [0.25, 0.3) is 0 Å². The van der Waals surface area contributed by atoms with Crippen molar-refractivity contribution in [1.29, 1.82) is 0 Å². The Morgan fingerprint density at radius 1 is 1.39 bits per heavy atom. The van der Waals surface area contributed by atoms with Gasteiger partial charge in [0, 0.05) is 18.5 Å². The second-order valence-corrected chi connectivity index (χ2v) is 5.38. The topological polar surface area (TPSA) is 47.0 Å². The molecule has 1 N–H and O–H groups in total. The minimum atomic E-state index is 0.509. The zero-order valence-electron chi connectivity index (χ0n) is 11.6. The number of nitrogens with one attached hydrogen (secondary N) is 1. The first-order valence-corrected chi connectivity index (χ1v) is 6.94. The molecule has 4 nitrogen and oxygen atoms in total. The molecule has 0 atom stereocenters. The van der Waals surface area contributed by atoms with Gasteiger partial charge in [-0.3, -0.25) is 0 Å². The standard InChI is InChI=1S/C14H23N3O/c1-4-5-12-16-13(15-11-6-7-11)8-14(17-12)18-9-10(2)3/h8,10-11H,4-7,9H2,1-3H3,(H,15,16,17). The van der Waals surface area contributed by atoms with E-state index in [2.05, 4.69) is 36.1 Å². The number of aromatic nitrogens is 2. The van der Waals surface area contributed by atoms with E-state index in [9.17, 15) is 0 Å². The molecule has 0 unspecified atom stereocenters. The van der Waals surface area contributed by atoms with E-state index < -0.39 is 0 Å². The summed E-state index contributed by atoms with van der Waals surface area (Å²) in [6, 6.07) is 2.52. The van der Waals surface area contributed by atoms with Crippen molar-refractivity contribution in [3.63, 3.8) is 0 Å². The van der Waals surface area contributed by atoms with E-state index in [1.807, 2.05) is 6.07 Å². The molecule has 4 heteroatoms. The number of hydrogen-bond donors (Lipinski definition) is 1. The number of anilines is 1. The van der Waals surface area contributed by atoms with Crippen molar-refractivity contribution in [1.82, 2.24) is 9.97 Å². The van der Waals surface area contributed by atoms with Gasteiger partial charge in [-0.1, -0.05) is 20.8 Å². The van der Waals surface area contributed by atoms with Crippen molar-refractivity contribution in [3.05, 3.63) is 11.9 Å². The average molecular weight is 249 g/mol. The normalized spacial score (nSPS) is 14.9. The molecule has 1 saturated carbocycles. The second kappa shape index (κ2) is 6.03. The summed E-state index contributed by atoms with van der Waals surface area (Å²) in [4.78, 5) is 8.98. The molecule has 0 aromatic carbocycles. The van der Waals surface area contributed by atoms with E-state index >= 15 is 0 Å². The molecule has 0 saturated heterocycles. The molecule has 0 radical (unpaired) electrons. The number of aryl methyl sites for hydroxylation is 1. The highest BCUT2D eigenvalue weighted by molar-refractivity contribution is 5.40. The van der Waals surface area contributed by atoms with Gasteiger partial charge in [0.05, 0.1) is 6.61 Å². The molecule has 1 aromatic rings. The van der Waals surface area contributed by atoms with Crippen LogP contribution < -0.4 is 10.1 Å². The van der Waals surface area contributed by atoms with Crippen molar-refractivity contribution in [2.75, 3.05) is 11.9 Å². The van der Waals surface area contributed by atoms with Crippen molar-refractivity contribution >= 4 is 5.82 Å². The van der Waals surface area contributed by atoms with Crippen LogP contribution in [0.15, 0.2) is 6.07 Å².